The van der Waals surface area contributed by atoms with Gasteiger partial charge in [-0.25, -0.2) is 0 Å². The molecule has 1 saturated heterocycles. The predicted molar refractivity (Wildman–Crippen MR) is 81.4 cm³/mol. The molecule has 4 nitrogen and oxygen atoms in total. The zero-order valence-corrected chi connectivity index (χ0v) is 13.2. The van der Waals surface area contributed by atoms with Crippen molar-refractivity contribution >= 4 is 11.8 Å². The van der Waals surface area contributed by atoms with Crippen LogP contribution in [0.15, 0.2) is 0 Å². The topological polar surface area (TPSA) is 40.6 Å². The molecule has 2 amide bonds. The number of amides is 2. The molecule has 20 heavy (non-hydrogen) atoms. The van der Waals surface area contributed by atoms with E-state index in [1.54, 1.807) is 0 Å². The number of imide groups is 1. The van der Waals surface area contributed by atoms with E-state index in [0.717, 1.165) is 12.8 Å². The molecule has 0 spiro atoms. The molecule has 1 fully saturated rings. The summed E-state index contributed by atoms with van der Waals surface area (Å²) in [7, 11) is 4.24. The second-order valence-electron chi connectivity index (χ2n) is 6.07. The van der Waals surface area contributed by atoms with E-state index in [1.165, 1.54) is 50.0 Å². The Morgan fingerprint density at radius 2 is 1.25 bits per heavy atom. The van der Waals surface area contributed by atoms with Crippen LogP contribution >= 0.6 is 0 Å². The molecular formula is C16H30N2O2. The molecular weight excluding hydrogens is 252 g/mol. The number of nitrogens with zero attached hydrogens (tertiary/aromatic N) is 2. The largest absolute Gasteiger partial charge is 0.309 e. The fourth-order valence-electron chi connectivity index (χ4n) is 2.63. The van der Waals surface area contributed by atoms with Crippen LogP contribution in [-0.4, -0.2) is 48.8 Å². The molecule has 4 heteroatoms. The maximum absolute atomic E-state index is 11.4. The highest BCUT2D eigenvalue weighted by molar-refractivity contribution is 6.01. The van der Waals surface area contributed by atoms with Gasteiger partial charge in [-0.3, -0.25) is 14.5 Å². The monoisotopic (exact) mass is 282 g/mol. The summed E-state index contributed by atoms with van der Waals surface area (Å²) in [6.07, 6.45) is 10.7. The van der Waals surface area contributed by atoms with Gasteiger partial charge in [-0.2, -0.15) is 0 Å². The maximum atomic E-state index is 11.4. The van der Waals surface area contributed by atoms with Crippen LogP contribution in [0.2, 0.25) is 0 Å². The van der Waals surface area contributed by atoms with Gasteiger partial charge in [0.05, 0.1) is 0 Å². The van der Waals surface area contributed by atoms with Crippen molar-refractivity contribution in [1.29, 1.82) is 0 Å². The molecule has 0 aromatic rings. The molecule has 0 aromatic carbocycles. The van der Waals surface area contributed by atoms with Crippen LogP contribution in [-0.2, 0) is 9.59 Å². The quantitative estimate of drug-likeness (QED) is 0.432. The lowest BCUT2D eigenvalue weighted by atomic mass is 10.1. The zero-order valence-electron chi connectivity index (χ0n) is 13.2. The Bertz CT molecular complexity index is 287. The van der Waals surface area contributed by atoms with E-state index in [-0.39, 0.29) is 11.8 Å². The molecule has 0 unspecified atom stereocenters. The molecule has 0 aromatic heterocycles. The van der Waals surface area contributed by atoms with E-state index in [9.17, 15) is 9.59 Å². The van der Waals surface area contributed by atoms with E-state index in [1.807, 2.05) is 0 Å². The number of hydrogen-bond acceptors (Lipinski definition) is 3. The Morgan fingerprint density at radius 1 is 0.800 bits per heavy atom. The second kappa shape index (κ2) is 9.92. The molecule has 0 aliphatic carbocycles. The summed E-state index contributed by atoms with van der Waals surface area (Å²) < 4.78 is 0. The van der Waals surface area contributed by atoms with Crippen LogP contribution in [0.1, 0.15) is 64.2 Å². The van der Waals surface area contributed by atoms with E-state index >= 15 is 0 Å². The fourth-order valence-corrected chi connectivity index (χ4v) is 2.63. The van der Waals surface area contributed by atoms with Crippen molar-refractivity contribution < 1.29 is 9.59 Å². The van der Waals surface area contributed by atoms with E-state index < -0.39 is 0 Å². The van der Waals surface area contributed by atoms with Gasteiger partial charge in [-0.15, -0.1) is 0 Å². The van der Waals surface area contributed by atoms with Gasteiger partial charge in [0.25, 0.3) is 0 Å². The summed E-state index contributed by atoms with van der Waals surface area (Å²) in [5.41, 5.74) is 0. The normalized spacial score (nSPS) is 15.7. The minimum absolute atomic E-state index is 0.0240. The third-order valence-electron chi connectivity index (χ3n) is 3.89. The highest BCUT2D eigenvalue weighted by Gasteiger charge is 2.27. The number of hydrogen-bond donors (Lipinski definition) is 0. The lowest BCUT2D eigenvalue weighted by Crippen LogP contribution is -2.29. The minimum atomic E-state index is 0.0240. The third-order valence-corrected chi connectivity index (χ3v) is 3.89. The lowest BCUT2D eigenvalue weighted by Gasteiger charge is -2.13. The Hall–Kier alpha value is -0.900. The molecule has 1 heterocycles. The van der Waals surface area contributed by atoms with Crippen LogP contribution in [0.5, 0.6) is 0 Å². The number of rotatable bonds is 11. The standard InChI is InChI=1S/C16H30N2O2/c1-17(2)13-9-7-5-3-4-6-8-10-14-18-15(19)11-12-16(18)20/h3-14H2,1-2H3. The van der Waals surface area contributed by atoms with Crippen molar-refractivity contribution in [2.24, 2.45) is 0 Å². The Labute approximate surface area is 123 Å². The summed E-state index contributed by atoms with van der Waals surface area (Å²) in [5, 5.41) is 0. The van der Waals surface area contributed by atoms with Crippen LogP contribution in [0.3, 0.4) is 0 Å². The van der Waals surface area contributed by atoms with Gasteiger partial charge in [0.15, 0.2) is 0 Å². The van der Waals surface area contributed by atoms with E-state index in [4.69, 9.17) is 0 Å². The van der Waals surface area contributed by atoms with Crippen LogP contribution in [0.25, 0.3) is 0 Å². The average Bonchev–Trinajstić information content (AvgIpc) is 2.71. The third kappa shape index (κ3) is 7.04. The molecule has 1 rings (SSSR count). The summed E-state index contributed by atoms with van der Waals surface area (Å²) in [6.45, 7) is 1.83. The minimum Gasteiger partial charge on any atom is -0.309 e. The number of carbonyl (C=O) groups excluding carboxylic acids is 2. The SMILES string of the molecule is CN(C)CCCCCCCCCCN1C(=O)CCC1=O. The van der Waals surface area contributed by atoms with Crippen molar-refractivity contribution in [3.05, 3.63) is 0 Å². The van der Waals surface area contributed by atoms with Crippen LogP contribution < -0.4 is 0 Å². The number of carbonyl (C=O) groups is 2. The molecule has 0 N–H and O–H groups in total. The highest BCUT2D eigenvalue weighted by Crippen LogP contribution is 2.14. The van der Waals surface area contributed by atoms with Gasteiger partial charge < -0.3 is 4.90 Å². The first-order chi connectivity index (χ1) is 9.61. The molecule has 1 aliphatic heterocycles. The second-order valence-corrected chi connectivity index (χ2v) is 6.07. The Morgan fingerprint density at radius 3 is 1.75 bits per heavy atom. The molecule has 1 aliphatic rings. The van der Waals surface area contributed by atoms with Gasteiger partial charge in [-0.1, -0.05) is 38.5 Å². The number of likely N-dealkylation sites (tertiary alicyclic amines) is 1. The zero-order chi connectivity index (χ0) is 14.8. The summed E-state index contributed by atoms with van der Waals surface area (Å²) in [6, 6.07) is 0. The van der Waals surface area contributed by atoms with Crippen molar-refractivity contribution in [2.75, 3.05) is 27.2 Å². The summed E-state index contributed by atoms with van der Waals surface area (Å²) in [5.74, 6) is 0.0479. The Balaban J connectivity index is 1.85. The fraction of sp³-hybridized carbons (Fsp3) is 0.875. The van der Waals surface area contributed by atoms with Crippen LogP contribution in [0, 0.1) is 0 Å². The highest BCUT2D eigenvalue weighted by atomic mass is 16.2. The predicted octanol–water partition coefficient (Wildman–Crippen LogP) is 2.82. The van der Waals surface area contributed by atoms with E-state index in [2.05, 4.69) is 19.0 Å². The van der Waals surface area contributed by atoms with Crippen LogP contribution in [0.4, 0.5) is 0 Å². The molecule has 0 atom stereocenters. The van der Waals surface area contributed by atoms with E-state index in [0.29, 0.717) is 19.4 Å². The Kier molecular flexibility index (Phi) is 8.51. The molecule has 116 valence electrons. The molecule has 0 saturated carbocycles. The summed E-state index contributed by atoms with van der Waals surface area (Å²) in [4.78, 5) is 26.5. The summed E-state index contributed by atoms with van der Waals surface area (Å²) >= 11 is 0. The van der Waals surface area contributed by atoms with Gasteiger partial charge in [-0.05, 0) is 33.5 Å². The molecule has 0 bridgehead atoms. The average molecular weight is 282 g/mol. The first-order valence-electron chi connectivity index (χ1n) is 8.09. The number of unbranched alkanes of at least 4 members (excludes halogenated alkanes) is 7. The van der Waals surface area contributed by atoms with Crippen molar-refractivity contribution in [3.8, 4) is 0 Å². The van der Waals surface area contributed by atoms with Crippen molar-refractivity contribution in [3.63, 3.8) is 0 Å². The lowest BCUT2D eigenvalue weighted by molar-refractivity contribution is -0.138. The van der Waals surface area contributed by atoms with Crippen molar-refractivity contribution in [2.45, 2.75) is 64.2 Å². The van der Waals surface area contributed by atoms with Gasteiger partial charge in [0.1, 0.15) is 0 Å². The van der Waals surface area contributed by atoms with Gasteiger partial charge in [0, 0.05) is 19.4 Å². The van der Waals surface area contributed by atoms with Gasteiger partial charge >= 0.3 is 0 Å². The van der Waals surface area contributed by atoms with Crippen molar-refractivity contribution in [1.82, 2.24) is 9.80 Å². The van der Waals surface area contributed by atoms with Gasteiger partial charge in [0.2, 0.25) is 11.8 Å². The first kappa shape index (κ1) is 17.2. The first-order valence-corrected chi connectivity index (χ1v) is 8.09. The smallest absolute Gasteiger partial charge is 0.229 e. The maximum Gasteiger partial charge on any atom is 0.229 e. The molecule has 0 radical (unpaired) electrons.